The van der Waals surface area contributed by atoms with E-state index in [1.807, 2.05) is 0 Å². The number of hydrogen-bond donors (Lipinski definition) is 6. The molecule has 7 nitrogen and oxygen atoms in total. The fourth-order valence-electron chi connectivity index (χ4n) is 1.52. The van der Waals surface area contributed by atoms with E-state index in [0.29, 0.717) is 0 Å². The summed E-state index contributed by atoms with van der Waals surface area (Å²) in [7, 11) is 1.39. The summed E-state index contributed by atoms with van der Waals surface area (Å²) in [5.41, 5.74) is 0. The maximum atomic E-state index is 11.3. The van der Waals surface area contributed by atoms with Crippen molar-refractivity contribution >= 4 is 5.91 Å². The van der Waals surface area contributed by atoms with Crippen LogP contribution >= 0.6 is 0 Å². The zero-order chi connectivity index (χ0) is 11.6. The van der Waals surface area contributed by atoms with Gasteiger partial charge in [-0.05, 0) is 0 Å². The van der Waals surface area contributed by atoms with Crippen molar-refractivity contribution in [2.24, 2.45) is 0 Å². The van der Waals surface area contributed by atoms with Gasteiger partial charge in [-0.15, -0.1) is 0 Å². The molecule has 1 fully saturated rings. The van der Waals surface area contributed by atoms with Crippen molar-refractivity contribution in [1.29, 1.82) is 0 Å². The summed E-state index contributed by atoms with van der Waals surface area (Å²) in [6.45, 7) is -0.0760. The molecule has 5 atom stereocenters. The van der Waals surface area contributed by atoms with Gasteiger partial charge in [-0.2, -0.15) is 0 Å². The average Bonchev–Trinajstić information content (AvgIpc) is 2.33. The molecule has 88 valence electrons. The van der Waals surface area contributed by atoms with Gasteiger partial charge in [0, 0.05) is 13.6 Å². The van der Waals surface area contributed by atoms with Crippen molar-refractivity contribution < 1.29 is 25.2 Å². The molecule has 1 heterocycles. The van der Waals surface area contributed by atoms with Crippen LogP contribution in [0.15, 0.2) is 0 Å². The maximum absolute atomic E-state index is 11.3. The summed E-state index contributed by atoms with van der Waals surface area (Å²) in [5.74, 6) is -0.511. The minimum atomic E-state index is -1.56. The third kappa shape index (κ3) is 2.44. The number of likely N-dealkylation sites (N-methyl/N-ethyl adjacent to an activating group) is 1. The van der Waals surface area contributed by atoms with Gasteiger partial charge in [-0.1, -0.05) is 0 Å². The number of nitrogens with one attached hydrogen (secondary N) is 2. The molecule has 0 spiro atoms. The Labute approximate surface area is 86.7 Å². The van der Waals surface area contributed by atoms with Crippen LogP contribution in [0.2, 0.25) is 0 Å². The Balaban J connectivity index is 2.80. The second-order valence-corrected chi connectivity index (χ2v) is 3.54. The van der Waals surface area contributed by atoms with Crippen LogP contribution in [0.4, 0.5) is 0 Å². The molecule has 6 N–H and O–H groups in total. The number of carbonyl (C=O) groups excluding carboxylic acids is 1. The summed E-state index contributed by atoms with van der Waals surface area (Å²) >= 11 is 0. The number of amides is 1. The van der Waals surface area contributed by atoms with Crippen molar-refractivity contribution in [3.63, 3.8) is 0 Å². The Kier molecular flexibility index (Phi) is 4.00. The van der Waals surface area contributed by atoms with Crippen molar-refractivity contribution in [1.82, 2.24) is 10.6 Å². The van der Waals surface area contributed by atoms with Crippen LogP contribution in [0, 0.1) is 0 Å². The minimum absolute atomic E-state index is 0.0760. The van der Waals surface area contributed by atoms with Gasteiger partial charge in [0.25, 0.3) is 0 Å². The van der Waals surface area contributed by atoms with Gasteiger partial charge < -0.3 is 31.1 Å². The van der Waals surface area contributed by atoms with Crippen LogP contribution < -0.4 is 10.6 Å². The van der Waals surface area contributed by atoms with Gasteiger partial charge in [0.1, 0.15) is 24.4 Å². The Hall–Kier alpha value is -0.730. The summed E-state index contributed by atoms with van der Waals surface area (Å²) in [6, 6.07) is -1.04. The fourth-order valence-corrected chi connectivity index (χ4v) is 1.52. The number of aliphatic hydroxyl groups excluding tert-OH is 4. The summed E-state index contributed by atoms with van der Waals surface area (Å²) in [6.07, 6.45) is -5.71. The fraction of sp³-hybridized carbons (Fsp3) is 0.875. The van der Waals surface area contributed by atoms with E-state index in [-0.39, 0.29) is 6.54 Å². The summed E-state index contributed by atoms with van der Waals surface area (Å²) in [4.78, 5) is 11.3. The molecule has 0 radical (unpaired) electrons. The molecule has 1 aliphatic heterocycles. The standard InChI is InChI=1S/C8H16N2O5/c1-9-8(15)4-6(13)7(14)5(12)3(11)2-10-4/h3-7,10-14H,2H2,1H3,(H,9,15)/t3-,4+,5-,6-,7+/m1/s1. The first-order valence-electron chi connectivity index (χ1n) is 4.66. The van der Waals surface area contributed by atoms with Gasteiger partial charge >= 0.3 is 0 Å². The molecule has 0 unspecified atom stereocenters. The van der Waals surface area contributed by atoms with Gasteiger partial charge in [0.2, 0.25) is 5.91 Å². The molecule has 1 rings (SSSR count). The Morgan fingerprint density at radius 2 is 1.80 bits per heavy atom. The molecule has 0 aromatic rings. The van der Waals surface area contributed by atoms with Gasteiger partial charge in [-0.25, -0.2) is 0 Å². The molecule has 1 aliphatic rings. The molecule has 0 aromatic carbocycles. The molecule has 1 amide bonds. The van der Waals surface area contributed by atoms with Gasteiger partial charge in [0.15, 0.2) is 0 Å². The summed E-state index contributed by atoms with van der Waals surface area (Å²) in [5, 5.41) is 42.5. The SMILES string of the molecule is CNC(=O)[C@H]1NC[C@@H](O)[C@@H](O)[C@H](O)[C@@H]1O. The lowest BCUT2D eigenvalue weighted by atomic mass is 10.0. The highest BCUT2D eigenvalue weighted by molar-refractivity contribution is 5.82. The molecule has 0 aliphatic carbocycles. The van der Waals surface area contributed by atoms with Crippen molar-refractivity contribution in [3.05, 3.63) is 0 Å². The van der Waals surface area contributed by atoms with Crippen LogP contribution in [0.1, 0.15) is 0 Å². The molecule has 7 heteroatoms. The molecule has 0 bridgehead atoms. The normalized spacial score (nSPS) is 42.1. The van der Waals surface area contributed by atoms with Crippen molar-refractivity contribution in [2.75, 3.05) is 13.6 Å². The van der Waals surface area contributed by atoms with E-state index < -0.39 is 36.4 Å². The highest BCUT2D eigenvalue weighted by Gasteiger charge is 2.41. The second-order valence-electron chi connectivity index (χ2n) is 3.54. The molecule has 15 heavy (non-hydrogen) atoms. The monoisotopic (exact) mass is 220 g/mol. The van der Waals surface area contributed by atoms with Crippen LogP contribution in [0.25, 0.3) is 0 Å². The quantitative estimate of drug-likeness (QED) is 0.269. The van der Waals surface area contributed by atoms with E-state index in [9.17, 15) is 25.2 Å². The average molecular weight is 220 g/mol. The second kappa shape index (κ2) is 4.86. The lowest BCUT2D eigenvalue weighted by molar-refractivity contribution is -0.131. The molecule has 0 aromatic heterocycles. The van der Waals surface area contributed by atoms with Crippen molar-refractivity contribution in [2.45, 2.75) is 30.5 Å². The predicted molar refractivity (Wildman–Crippen MR) is 49.9 cm³/mol. The molecule has 1 saturated heterocycles. The van der Waals surface area contributed by atoms with Gasteiger partial charge in [0.05, 0.1) is 6.10 Å². The largest absolute Gasteiger partial charge is 0.389 e. The number of carbonyl (C=O) groups is 1. The van der Waals surface area contributed by atoms with E-state index in [0.717, 1.165) is 0 Å². The maximum Gasteiger partial charge on any atom is 0.239 e. The van der Waals surface area contributed by atoms with Crippen LogP contribution in [-0.4, -0.2) is 70.4 Å². The number of aliphatic hydroxyl groups is 4. The van der Waals surface area contributed by atoms with Crippen molar-refractivity contribution in [3.8, 4) is 0 Å². The first-order valence-corrected chi connectivity index (χ1v) is 4.66. The third-order valence-electron chi connectivity index (χ3n) is 2.51. The Bertz CT molecular complexity index is 237. The molecular formula is C8H16N2O5. The molecule has 0 saturated carbocycles. The lowest BCUT2D eigenvalue weighted by Crippen LogP contribution is -2.54. The van der Waals surface area contributed by atoms with E-state index in [1.165, 1.54) is 7.05 Å². The first kappa shape index (κ1) is 12.3. The van der Waals surface area contributed by atoms with Crippen LogP contribution in [0.3, 0.4) is 0 Å². The minimum Gasteiger partial charge on any atom is -0.389 e. The lowest BCUT2D eigenvalue weighted by Gasteiger charge is -2.24. The van der Waals surface area contributed by atoms with E-state index in [1.54, 1.807) is 0 Å². The van der Waals surface area contributed by atoms with E-state index in [4.69, 9.17) is 0 Å². The highest BCUT2D eigenvalue weighted by Crippen LogP contribution is 2.12. The number of β-amino-alcohol motifs (C(OH)–C–C–N with tert-alkyl or cyclic N) is 1. The predicted octanol–water partition coefficient (Wildman–Crippen LogP) is -3.85. The number of hydrogen-bond acceptors (Lipinski definition) is 6. The third-order valence-corrected chi connectivity index (χ3v) is 2.51. The summed E-state index contributed by atoms with van der Waals surface area (Å²) < 4.78 is 0. The topological polar surface area (TPSA) is 122 Å². The Morgan fingerprint density at radius 1 is 1.20 bits per heavy atom. The highest BCUT2D eigenvalue weighted by atomic mass is 16.4. The zero-order valence-electron chi connectivity index (χ0n) is 8.29. The molecular weight excluding hydrogens is 204 g/mol. The smallest absolute Gasteiger partial charge is 0.239 e. The zero-order valence-corrected chi connectivity index (χ0v) is 8.29. The Morgan fingerprint density at radius 3 is 2.33 bits per heavy atom. The van der Waals surface area contributed by atoms with E-state index >= 15 is 0 Å². The van der Waals surface area contributed by atoms with Crippen LogP contribution in [-0.2, 0) is 4.79 Å². The number of rotatable bonds is 1. The first-order chi connectivity index (χ1) is 6.99. The van der Waals surface area contributed by atoms with Crippen LogP contribution in [0.5, 0.6) is 0 Å². The van der Waals surface area contributed by atoms with E-state index in [2.05, 4.69) is 10.6 Å². The van der Waals surface area contributed by atoms with Gasteiger partial charge in [-0.3, -0.25) is 4.79 Å².